The van der Waals surface area contributed by atoms with Gasteiger partial charge in [-0.25, -0.2) is 4.39 Å². The Morgan fingerprint density at radius 3 is 2.46 bits per heavy atom. The lowest BCUT2D eigenvalue weighted by Gasteiger charge is -2.37. The van der Waals surface area contributed by atoms with Crippen LogP contribution in [0.15, 0.2) is 24.3 Å². The molecule has 0 saturated carbocycles. The fourth-order valence-electron chi connectivity index (χ4n) is 4.23. The predicted molar refractivity (Wildman–Crippen MR) is 104 cm³/mol. The standard InChI is InChI=1S/C21H30FN3O3/c1-23(2)14-18-12-21(20(27)28-18)8-10-25(11-9-21)19(26)15-24(3)13-16-4-6-17(22)7-5-16/h4-7,18H,8-15H2,1-3H3. The number of carbonyl (C=O) groups excluding carboxylic acids is 2. The monoisotopic (exact) mass is 391 g/mol. The molecule has 0 radical (unpaired) electrons. The Kier molecular flexibility index (Phi) is 6.35. The molecular weight excluding hydrogens is 361 g/mol. The van der Waals surface area contributed by atoms with Gasteiger partial charge in [0.2, 0.25) is 5.91 Å². The second-order valence-electron chi connectivity index (χ2n) is 8.45. The van der Waals surface area contributed by atoms with Gasteiger partial charge in [0.25, 0.3) is 0 Å². The number of hydrogen-bond acceptors (Lipinski definition) is 5. The molecule has 7 heteroatoms. The highest BCUT2D eigenvalue weighted by Crippen LogP contribution is 2.43. The molecule has 0 aromatic heterocycles. The Morgan fingerprint density at radius 2 is 1.86 bits per heavy atom. The van der Waals surface area contributed by atoms with Gasteiger partial charge in [-0.15, -0.1) is 0 Å². The zero-order valence-corrected chi connectivity index (χ0v) is 17.0. The summed E-state index contributed by atoms with van der Waals surface area (Å²) in [5.74, 6) is -0.293. The van der Waals surface area contributed by atoms with Crippen molar-refractivity contribution in [2.45, 2.75) is 31.9 Å². The Bertz CT molecular complexity index is 699. The molecule has 2 aliphatic rings. The highest BCUT2D eigenvalue weighted by Gasteiger charge is 2.50. The van der Waals surface area contributed by atoms with Gasteiger partial charge in [0.1, 0.15) is 11.9 Å². The lowest BCUT2D eigenvalue weighted by molar-refractivity contribution is -0.152. The number of hydrogen-bond donors (Lipinski definition) is 0. The molecule has 6 nitrogen and oxygen atoms in total. The maximum Gasteiger partial charge on any atom is 0.312 e. The van der Waals surface area contributed by atoms with E-state index in [4.69, 9.17) is 4.74 Å². The number of halogens is 1. The van der Waals surface area contributed by atoms with Gasteiger partial charge in [-0.3, -0.25) is 14.5 Å². The smallest absolute Gasteiger partial charge is 0.312 e. The summed E-state index contributed by atoms with van der Waals surface area (Å²) in [5, 5.41) is 0. The lowest BCUT2D eigenvalue weighted by Crippen LogP contribution is -2.47. The summed E-state index contributed by atoms with van der Waals surface area (Å²) in [6, 6.07) is 6.33. The minimum atomic E-state index is -0.419. The zero-order chi connectivity index (χ0) is 20.3. The topological polar surface area (TPSA) is 53.1 Å². The van der Waals surface area contributed by atoms with Crippen molar-refractivity contribution in [1.29, 1.82) is 0 Å². The zero-order valence-electron chi connectivity index (χ0n) is 17.0. The molecule has 0 bridgehead atoms. The molecule has 1 spiro atoms. The first-order valence-corrected chi connectivity index (χ1v) is 9.84. The van der Waals surface area contributed by atoms with Crippen LogP contribution >= 0.6 is 0 Å². The van der Waals surface area contributed by atoms with E-state index >= 15 is 0 Å². The summed E-state index contributed by atoms with van der Waals surface area (Å²) in [7, 11) is 5.83. The van der Waals surface area contributed by atoms with E-state index in [1.54, 1.807) is 12.1 Å². The van der Waals surface area contributed by atoms with E-state index in [9.17, 15) is 14.0 Å². The molecule has 2 saturated heterocycles. The van der Waals surface area contributed by atoms with E-state index in [1.807, 2.05) is 35.8 Å². The number of esters is 1. The van der Waals surface area contributed by atoms with E-state index in [0.717, 1.165) is 18.5 Å². The largest absolute Gasteiger partial charge is 0.461 e. The minimum absolute atomic E-state index is 0.0494. The van der Waals surface area contributed by atoms with Crippen molar-refractivity contribution in [3.63, 3.8) is 0 Å². The van der Waals surface area contributed by atoms with Crippen LogP contribution in [-0.2, 0) is 20.9 Å². The van der Waals surface area contributed by atoms with Crippen LogP contribution < -0.4 is 0 Å². The quantitative estimate of drug-likeness (QED) is 0.692. The lowest BCUT2D eigenvalue weighted by atomic mass is 9.76. The van der Waals surface area contributed by atoms with Gasteiger partial charge < -0.3 is 14.5 Å². The molecule has 2 heterocycles. The molecule has 1 unspecified atom stereocenters. The van der Waals surface area contributed by atoms with E-state index in [0.29, 0.717) is 39.0 Å². The maximum atomic E-state index is 13.0. The maximum absolute atomic E-state index is 13.0. The van der Waals surface area contributed by atoms with Crippen LogP contribution in [0.25, 0.3) is 0 Å². The molecule has 1 aromatic rings. The number of nitrogens with zero attached hydrogens (tertiary/aromatic N) is 3. The van der Waals surface area contributed by atoms with Crippen molar-refractivity contribution in [1.82, 2.24) is 14.7 Å². The molecule has 2 aliphatic heterocycles. The first kappa shape index (κ1) is 20.7. The normalized spacial score (nSPS) is 21.6. The van der Waals surface area contributed by atoms with Crippen LogP contribution in [0.4, 0.5) is 4.39 Å². The van der Waals surface area contributed by atoms with Crippen molar-refractivity contribution in [2.24, 2.45) is 5.41 Å². The highest BCUT2D eigenvalue weighted by molar-refractivity contribution is 5.81. The van der Waals surface area contributed by atoms with Gasteiger partial charge in [-0.1, -0.05) is 12.1 Å². The Labute approximate surface area is 166 Å². The van der Waals surface area contributed by atoms with Gasteiger partial charge in [-0.05, 0) is 51.7 Å². The number of ether oxygens (including phenoxy) is 1. The molecule has 1 aromatic carbocycles. The van der Waals surface area contributed by atoms with Crippen LogP contribution in [0.2, 0.25) is 0 Å². The molecule has 3 rings (SSSR count). The summed E-state index contributed by atoms with van der Waals surface area (Å²) in [6.07, 6.45) is 2.04. The van der Waals surface area contributed by atoms with Gasteiger partial charge in [0.05, 0.1) is 12.0 Å². The number of benzene rings is 1. The number of rotatable bonds is 6. The third kappa shape index (κ3) is 4.89. The summed E-state index contributed by atoms with van der Waals surface area (Å²) >= 11 is 0. The van der Waals surface area contributed by atoms with Crippen LogP contribution in [-0.4, -0.2) is 80.0 Å². The second-order valence-corrected chi connectivity index (χ2v) is 8.45. The predicted octanol–water partition coefficient (Wildman–Crippen LogP) is 1.74. The Morgan fingerprint density at radius 1 is 1.21 bits per heavy atom. The minimum Gasteiger partial charge on any atom is -0.461 e. The van der Waals surface area contributed by atoms with Crippen molar-refractivity contribution in [3.8, 4) is 0 Å². The van der Waals surface area contributed by atoms with Crippen molar-refractivity contribution in [3.05, 3.63) is 35.6 Å². The van der Waals surface area contributed by atoms with Gasteiger partial charge in [0, 0.05) is 32.6 Å². The van der Waals surface area contributed by atoms with Crippen LogP contribution in [0.5, 0.6) is 0 Å². The molecule has 0 aliphatic carbocycles. The first-order chi connectivity index (χ1) is 13.3. The molecule has 154 valence electrons. The van der Waals surface area contributed by atoms with Gasteiger partial charge in [0.15, 0.2) is 0 Å². The third-order valence-corrected chi connectivity index (χ3v) is 5.74. The van der Waals surface area contributed by atoms with Gasteiger partial charge in [-0.2, -0.15) is 0 Å². The molecule has 1 atom stereocenters. The van der Waals surface area contributed by atoms with Crippen molar-refractivity contribution in [2.75, 3.05) is 47.3 Å². The number of carbonyl (C=O) groups is 2. The van der Waals surface area contributed by atoms with Crippen LogP contribution in [0, 0.1) is 11.2 Å². The summed E-state index contributed by atoms with van der Waals surface area (Å²) in [6.45, 7) is 2.81. The highest BCUT2D eigenvalue weighted by atomic mass is 19.1. The van der Waals surface area contributed by atoms with E-state index in [1.165, 1.54) is 12.1 Å². The summed E-state index contributed by atoms with van der Waals surface area (Å²) in [5.41, 5.74) is 0.548. The number of cyclic esters (lactones) is 1. The number of amides is 1. The first-order valence-electron chi connectivity index (χ1n) is 9.84. The fraction of sp³-hybridized carbons (Fsp3) is 0.619. The number of piperidine rings is 1. The van der Waals surface area contributed by atoms with Crippen molar-refractivity contribution >= 4 is 11.9 Å². The summed E-state index contributed by atoms with van der Waals surface area (Å²) < 4.78 is 18.6. The van der Waals surface area contributed by atoms with Crippen molar-refractivity contribution < 1.29 is 18.7 Å². The number of likely N-dealkylation sites (tertiary alicyclic amines) is 1. The average Bonchev–Trinajstić information content (AvgIpc) is 2.91. The molecule has 28 heavy (non-hydrogen) atoms. The summed E-state index contributed by atoms with van der Waals surface area (Å²) in [4.78, 5) is 30.9. The third-order valence-electron chi connectivity index (χ3n) is 5.74. The number of likely N-dealkylation sites (N-methyl/N-ethyl adjacent to an activating group) is 2. The van der Waals surface area contributed by atoms with E-state index < -0.39 is 5.41 Å². The molecular formula is C21H30FN3O3. The van der Waals surface area contributed by atoms with Gasteiger partial charge >= 0.3 is 5.97 Å². The van der Waals surface area contributed by atoms with Crippen LogP contribution in [0.3, 0.4) is 0 Å². The average molecular weight is 391 g/mol. The molecule has 0 N–H and O–H groups in total. The molecule has 2 fully saturated rings. The van der Waals surface area contributed by atoms with E-state index in [2.05, 4.69) is 0 Å². The Hall–Kier alpha value is -1.99. The SMILES string of the molecule is CN(C)CC1CC2(CCN(C(=O)CN(C)Cc3ccc(F)cc3)CC2)C(=O)O1. The second kappa shape index (κ2) is 8.57. The fourth-order valence-corrected chi connectivity index (χ4v) is 4.23. The van der Waals surface area contributed by atoms with Crippen LogP contribution in [0.1, 0.15) is 24.8 Å². The Balaban J connectivity index is 1.48. The molecule has 1 amide bonds. The van der Waals surface area contributed by atoms with E-state index in [-0.39, 0.29) is 23.8 Å².